The molecule has 20 heavy (non-hydrogen) atoms. The van der Waals surface area contributed by atoms with E-state index < -0.39 is 29.9 Å². The van der Waals surface area contributed by atoms with Gasteiger partial charge in [-0.15, -0.1) is 0 Å². The number of nitrogens with two attached hydrogens (primary N) is 1. The Morgan fingerprint density at radius 1 is 0.750 bits per heavy atom. The van der Waals surface area contributed by atoms with Crippen LogP contribution >= 0.6 is 0 Å². The summed E-state index contributed by atoms with van der Waals surface area (Å²) < 4.78 is 0. The van der Waals surface area contributed by atoms with Crippen LogP contribution in [0.4, 0.5) is 0 Å². The number of carbonyl (C=O) groups is 4. The van der Waals surface area contributed by atoms with E-state index >= 15 is 0 Å². The SMILES string of the molecule is NC(CCC(=O)O)C(=O)O.O=C(O)CCCCC(=O)O. The quantitative estimate of drug-likeness (QED) is 0.365. The van der Waals surface area contributed by atoms with E-state index in [4.69, 9.17) is 26.2 Å². The Hall–Kier alpha value is -2.16. The van der Waals surface area contributed by atoms with Crippen molar-refractivity contribution in [1.82, 2.24) is 0 Å². The lowest BCUT2D eigenvalue weighted by molar-refractivity contribution is -0.140. The number of carboxylic acids is 4. The van der Waals surface area contributed by atoms with Crippen LogP contribution < -0.4 is 5.73 Å². The van der Waals surface area contributed by atoms with Crippen LogP contribution in [0.5, 0.6) is 0 Å². The predicted octanol–water partition coefficient (Wildman–Crippen LogP) is -0.0209. The molecule has 0 heterocycles. The van der Waals surface area contributed by atoms with E-state index in [-0.39, 0.29) is 25.7 Å². The molecule has 0 saturated heterocycles. The lowest BCUT2D eigenvalue weighted by atomic mass is 10.2. The molecule has 0 radical (unpaired) electrons. The van der Waals surface area contributed by atoms with E-state index in [1.165, 1.54) is 0 Å². The van der Waals surface area contributed by atoms with Gasteiger partial charge in [0, 0.05) is 19.3 Å². The molecule has 9 nitrogen and oxygen atoms in total. The van der Waals surface area contributed by atoms with Gasteiger partial charge in [0.15, 0.2) is 0 Å². The van der Waals surface area contributed by atoms with Gasteiger partial charge in [-0.1, -0.05) is 0 Å². The second-order valence-electron chi connectivity index (χ2n) is 3.87. The molecule has 9 heteroatoms. The summed E-state index contributed by atoms with van der Waals surface area (Å²) in [6.45, 7) is 0. The zero-order valence-corrected chi connectivity index (χ0v) is 10.8. The highest BCUT2D eigenvalue weighted by Crippen LogP contribution is 1.98. The average Bonchev–Trinajstić information content (AvgIpc) is 2.31. The highest BCUT2D eigenvalue weighted by molar-refractivity contribution is 5.74. The van der Waals surface area contributed by atoms with Gasteiger partial charge in [-0.05, 0) is 19.3 Å². The highest BCUT2D eigenvalue weighted by atomic mass is 16.4. The normalized spacial score (nSPS) is 10.8. The second kappa shape index (κ2) is 11.9. The summed E-state index contributed by atoms with van der Waals surface area (Å²) in [5, 5.41) is 32.5. The number of carboxylic acid groups (broad SMARTS) is 4. The first-order valence-electron chi connectivity index (χ1n) is 5.80. The van der Waals surface area contributed by atoms with Gasteiger partial charge in [-0.2, -0.15) is 0 Å². The molecular weight excluding hydrogens is 274 g/mol. The van der Waals surface area contributed by atoms with E-state index in [9.17, 15) is 19.2 Å². The standard InChI is InChI=1S/C6H10O4.C5H9NO4/c7-5(8)3-1-2-4-6(9)10;6-3(5(9)10)1-2-4(7)8/h1-4H2,(H,7,8)(H,9,10);3H,1-2,6H2,(H,7,8)(H,9,10). The van der Waals surface area contributed by atoms with Gasteiger partial charge in [0.1, 0.15) is 6.04 Å². The van der Waals surface area contributed by atoms with Gasteiger partial charge in [0.25, 0.3) is 0 Å². The fraction of sp³-hybridized carbons (Fsp3) is 0.636. The van der Waals surface area contributed by atoms with Crippen molar-refractivity contribution in [3.63, 3.8) is 0 Å². The summed E-state index contributed by atoms with van der Waals surface area (Å²) in [7, 11) is 0. The van der Waals surface area contributed by atoms with E-state index in [2.05, 4.69) is 0 Å². The zero-order valence-electron chi connectivity index (χ0n) is 10.8. The van der Waals surface area contributed by atoms with Crippen molar-refractivity contribution >= 4 is 23.9 Å². The Bertz CT molecular complexity index is 325. The monoisotopic (exact) mass is 293 g/mol. The first-order chi connectivity index (χ1) is 9.16. The number of hydrogen-bond donors (Lipinski definition) is 5. The molecule has 116 valence electrons. The molecule has 0 saturated carbocycles. The maximum Gasteiger partial charge on any atom is 0.320 e. The Kier molecular flexibility index (Phi) is 12.0. The number of rotatable bonds is 9. The van der Waals surface area contributed by atoms with Crippen LogP contribution in [-0.2, 0) is 19.2 Å². The molecule has 0 aliphatic rings. The Labute approximate surface area is 115 Å². The summed E-state index contributed by atoms with van der Waals surface area (Å²) in [4.78, 5) is 39.7. The van der Waals surface area contributed by atoms with Crippen LogP contribution in [0.15, 0.2) is 0 Å². The summed E-state index contributed by atoms with van der Waals surface area (Å²) >= 11 is 0. The van der Waals surface area contributed by atoms with E-state index in [0.29, 0.717) is 12.8 Å². The van der Waals surface area contributed by atoms with Crippen molar-refractivity contribution in [3.05, 3.63) is 0 Å². The third-order valence-electron chi connectivity index (χ3n) is 2.02. The minimum absolute atomic E-state index is 0.0231. The summed E-state index contributed by atoms with van der Waals surface area (Å²) in [5.74, 6) is -3.94. The van der Waals surface area contributed by atoms with Crippen LogP contribution in [0.1, 0.15) is 38.5 Å². The van der Waals surface area contributed by atoms with E-state index in [0.717, 1.165) is 0 Å². The lowest BCUT2D eigenvalue weighted by Crippen LogP contribution is -2.30. The molecule has 0 aliphatic heterocycles. The first-order valence-corrected chi connectivity index (χ1v) is 5.80. The van der Waals surface area contributed by atoms with Gasteiger partial charge < -0.3 is 26.2 Å². The smallest absolute Gasteiger partial charge is 0.320 e. The van der Waals surface area contributed by atoms with Crippen molar-refractivity contribution in [2.75, 3.05) is 0 Å². The molecule has 0 bridgehead atoms. The van der Waals surface area contributed by atoms with E-state index in [1.54, 1.807) is 0 Å². The molecule has 0 fully saturated rings. The van der Waals surface area contributed by atoms with Gasteiger partial charge >= 0.3 is 23.9 Å². The third-order valence-corrected chi connectivity index (χ3v) is 2.02. The maximum atomic E-state index is 9.99. The lowest BCUT2D eigenvalue weighted by Gasteiger charge is -2.01. The Morgan fingerprint density at radius 2 is 1.10 bits per heavy atom. The van der Waals surface area contributed by atoms with Crippen molar-refractivity contribution in [2.45, 2.75) is 44.6 Å². The summed E-state index contributed by atoms with van der Waals surface area (Å²) in [6, 6.07) is -1.06. The third kappa shape index (κ3) is 18.2. The minimum atomic E-state index is -1.17. The van der Waals surface area contributed by atoms with Gasteiger partial charge in [0.05, 0.1) is 0 Å². The zero-order chi connectivity index (χ0) is 16.1. The Balaban J connectivity index is 0. The predicted molar refractivity (Wildman–Crippen MR) is 66.2 cm³/mol. The topological polar surface area (TPSA) is 175 Å². The van der Waals surface area contributed by atoms with Crippen molar-refractivity contribution < 1.29 is 39.6 Å². The summed E-state index contributed by atoms with van der Waals surface area (Å²) in [6.07, 6.45) is 0.794. The van der Waals surface area contributed by atoms with Gasteiger partial charge in [0.2, 0.25) is 0 Å². The molecule has 0 aromatic heterocycles. The molecule has 1 atom stereocenters. The summed E-state index contributed by atoms with van der Waals surface area (Å²) in [5.41, 5.74) is 5.00. The largest absolute Gasteiger partial charge is 0.481 e. The first kappa shape index (κ1) is 20.2. The highest BCUT2D eigenvalue weighted by Gasteiger charge is 2.12. The fourth-order valence-electron chi connectivity index (χ4n) is 0.955. The number of aliphatic carboxylic acids is 4. The molecular formula is C11H19NO8. The van der Waals surface area contributed by atoms with Crippen LogP contribution in [0.2, 0.25) is 0 Å². The van der Waals surface area contributed by atoms with Gasteiger partial charge in [-0.25, -0.2) is 0 Å². The van der Waals surface area contributed by atoms with Crippen LogP contribution in [0.25, 0.3) is 0 Å². The molecule has 0 aromatic rings. The van der Waals surface area contributed by atoms with Crippen molar-refractivity contribution in [2.24, 2.45) is 5.73 Å². The fourth-order valence-corrected chi connectivity index (χ4v) is 0.955. The maximum absolute atomic E-state index is 9.99. The second-order valence-corrected chi connectivity index (χ2v) is 3.87. The molecule has 0 aliphatic carbocycles. The molecule has 0 rings (SSSR count). The number of hydrogen-bond acceptors (Lipinski definition) is 5. The average molecular weight is 293 g/mol. The molecule has 6 N–H and O–H groups in total. The van der Waals surface area contributed by atoms with Crippen LogP contribution in [0, 0.1) is 0 Å². The van der Waals surface area contributed by atoms with Crippen molar-refractivity contribution in [3.8, 4) is 0 Å². The molecule has 0 spiro atoms. The number of unbranched alkanes of at least 4 members (excludes halogenated alkanes) is 1. The van der Waals surface area contributed by atoms with Crippen LogP contribution in [-0.4, -0.2) is 50.3 Å². The Morgan fingerprint density at radius 3 is 1.35 bits per heavy atom. The minimum Gasteiger partial charge on any atom is -0.481 e. The van der Waals surface area contributed by atoms with Crippen molar-refractivity contribution in [1.29, 1.82) is 0 Å². The van der Waals surface area contributed by atoms with Crippen LogP contribution in [0.3, 0.4) is 0 Å². The molecule has 0 aromatic carbocycles. The molecule has 0 amide bonds. The van der Waals surface area contributed by atoms with Gasteiger partial charge in [-0.3, -0.25) is 19.2 Å². The molecule has 1 unspecified atom stereocenters. The van der Waals surface area contributed by atoms with E-state index in [1.807, 2.05) is 0 Å².